The van der Waals surface area contributed by atoms with E-state index in [0.717, 1.165) is 31.6 Å². The van der Waals surface area contributed by atoms with Gasteiger partial charge in [-0.1, -0.05) is 32.8 Å². The Morgan fingerprint density at radius 2 is 2.22 bits per heavy atom. The van der Waals surface area contributed by atoms with E-state index in [1.54, 1.807) is 6.08 Å². The average Bonchev–Trinajstić information content (AvgIpc) is 2.59. The summed E-state index contributed by atoms with van der Waals surface area (Å²) < 4.78 is 5.01. The van der Waals surface area contributed by atoms with Crippen molar-refractivity contribution >= 4 is 5.97 Å². The highest BCUT2D eigenvalue weighted by atomic mass is 16.5. The van der Waals surface area contributed by atoms with Gasteiger partial charge in [-0.3, -0.25) is 10.1 Å². The SMILES string of the molecule is C=CCNC1(C(=O)OC)CCCC(C(C)C)CC1. The summed E-state index contributed by atoms with van der Waals surface area (Å²) in [6, 6.07) is 0. The number of nitrogens with one attached hydrogen (secondary N) is 1. The van der Waals surface area contributed by atoms with Gasteiger partial charge in [-0.2, -0.15) is 0 Å². The van der Waals surface area contributed by atoms with E-state index in [1.165, 1.54) is 13.5 Å². The molecular weight excluding hydrogens is 226 g/mol. The predicted molar refractivity (Wildman–Crippen MR) is 74.4 cm³/mol. The minimum absolute atomic E-state index is 0.117. The number of hydrogen-bond donors (Lipinski definition) is 1. The molecular formula is C15H27NO2. The minimum Gasteiger partial charge on any atom is -0.468 e. The molecule has 3 nitrogen and oxygen atoms in total. The molecule has 1 fully saturated rings. The molecule has 1 N–H and O–H groups in total. The van der Waals surface area contributed by atoms with Crippen molar-refractivity contribution in [3.63, 3.8) is 0 Å². The molecule has 0 saturated heterocycles. The van der Waals surface area contributed by atoms with Crippen LogP contribution in [0.4, 0.5) is 0 Å². The second kappa shape index (κ2) is 6.93. The molecule has 0 radical (unpaired) electrons. The Morgan fingerprint density at radius 1 is 1.50 bits per heavy atom. The van der Waals surface area contributed by atoms with Crippen molar-refractivity contribution in [3.8, 4) is 0 Å². The van der Waals surface area contributed by atoms with Crippen LogP contribution in [0.3, 0.4) is 0 Å². The summed E-state index contributed by atoms with van der Waals surface area (Å²) in [6.07, 6.45) is 6.94. The average molecular weight is 253 g/mol. The third kappa shape index (κ3) is 3.58. The molecule has 2 unspecified atom stereocenters. The topological polar surface area (TPSA) is 38.3 Å². The van der Waals surface area contributed by atoms with Gasteiger partial charge in [0.1, 0.15) is 5.54 Å². The van der Waals surface area contributed by atoms with E-state index in [0.29, 0.717) is 12.5 Å². The molecule has 0 amide bonds. The summed E-state index contributed by atoms with van der Waals surface area (Å²) in [4.78, 5) is 12.1. The van der Waals surface area contributed by atoms with Crippen LogP contribution in [0.25, 0.3) is 0 Å². The van der Waals surface area contributed by atoms with Crippen molar-refractivity contribution in [1.29, 1.82) is 0 Å². The second-order valence-corrected chi connectivity index (χ2v) is 5.68. The number of rotatable bonds is 5. The van der Waals surface area contributed by atoms with Crippen LogP contribution >= 0.6 is 0 Å². The lowest BCUT2D eigenvalue weighted by molar-refractivity contribution is -0.149. The van der Waals surface area contributed by atoms with Crippen molar-refractivity contribution in [3.05, 3.63) is 12.7 Å². The molecule has 3 heteroatoms. The van der Waals surface area contributed by atoms with Crippen LogP contribution in [0.5, 0.6) is 0 Å². The summed E-state index contributed by atoms with van der Waals surface area (Å²) in [5.74, 6) is 1.30. The molecule has 0 aromatic carbocycles. The van der Waals surface area contributed by atoms with Crippen LogP contribution < -0.4 is 5.32 Å². The highest BCUT2D eigenvalue weighted by Crippen LogP contribution is 2.34. The molecule has 1 saturated carbocycles. The summed E-state index contributed by atoms with van der Waals surface area (Å²) in [5.41, 5.74) is -0.493. The molecule has 1 aliphatic rings. The molecule has 18 heavy (non-hydrogen) atoms. The number of carbonyl (C=O) groups excluding carboxylic acids is 1. The summed E-state index contributed by atoms with van der Waals surface area (Å²) >= 11 is 0. The number of carbonyl (C=O) groups is 1. The lowest BCUT2D eigenvalue weighted by Crippen LogP contribution is -2.52. The molecule has 0 bridgehead atoms. The van der Waals surface area contributed by atoms with Gasteiger partial charge in [0.25, 0.3) is 0 Å². The monoisotopic (exact) mass is 253 g/mol. The Hall–Kier alpha value is -0.830. The van der Waals surface area contributed by atoms with Gasteiger partial charge < -0.3 is 4.74 Å². The van der Waals surface area contributed by atoms with Crippen LogP contribution in [-0.4, -0.2) is 25.2 Å². The Balaban J connectivity index is 2.77. The Labute approximate surface area is 111 Å². The lowest BCUT2D eigenvalue weighted by atomic mass is 9.86. The van der Waals surface area contributed by atoms with Gasteiger partial charge in [0.15, 0.2) is 0 Å². The summed E-state index contributed by atoms with van der Waals surface area (Å²) in [6.45, 7) is 8.91. The van der Waals surface area contributed by atoms with Gasteiger partial charge in [-0.15, -0.1) is 6.58 Å². The smallest absolute Gasteiger partial charge is 0.326 e. The van der Waals surface area contributed by atoms with E-state index in [9.17, 15) is 4.79 Å². The predicted octanol–water partition coefficient (Wildman–Crippen LogP) is 2.91. The van der Waals surface area contributed by atoms with Gasteiger partial charge in [0, 0.05) is 6.54 Å². The number of hydrogen-bond acceptors (Lipinski definition) is 3. The van der Waals surface area contributed by atoms with Crippen molar-refractivity contribution < 1.29 is 9.53 Å². The van der Waals surface area contributed by atoms with Crippen LogP contribution in [0.2, 0.25) is 0 Å². The van der Waals surface area contributed by atoms with Gasteiger partial charge >= 0.3 is 5.97 Å². The fourth-order valence-electron chi connectivity index (χ4n) is 2.95. The number of methoxy groups -OCH3 is 1. The fraction of sp³-hybridized carbons (Fsp3) is 0.800. The van der Waals surface area contributed by atoms with Crippen molar-refractivity contribution in [2.24, 2.45) is 11.8 Å². The minimum atomic E-state index is -0.493. The molecule has 1 rings (SSSR count). The van der Waals surface area contributed by atoms with Crippen molar-refractivity contribution in [2.45, 2.75) is 51.5 Å². The first kappa shape index (κ1) is 15.2. The first-order valence-corrected chi connectivity index (χ1v) is 7.00. The zero-order valence-electron chi connectivity index (χ0n) is 12.0. The van der Waals surface area contributed by atoms with Crippen molar-refractivity contribution in [2.75, 3.05) is 13.7 Å². The van der Waals surface area contributed by atoms with Crippen LogP contribution in [0.1, 0.15) is 46.0 Å². The third-order valence-electron chi connectivity index (χ3n) is 4.22. The maximum atomic E-state index is 12.1. The van der Waals surface area contributed by atoms with E-state index in [4.69, 9.17) is 4.74 Å². The quantitative estimate of drug-likeness (QED) is 0.465. The van der Waals surface area contributed by atoms with Crippen molar-refractivity contribution in [1.82, 2.24) is 5.32 Å². The van der Waals surface area contributed by atoms with Crippen LogP contribution in [-0.2, 0) is 9.53 Å². The number of ether oxygens (including phenoxy) is 1. The zero-order chi connectivity index (χ0) is 13.6. The van der Waals surface area contributed by atoms with Crippen LogP contribution in [0.15, 0.2) is 12.7 Å². The highest BCUT2D eigenvalue weighted by Gasteiger charge is 2.40. The second-order valence-electron chi connectivity index (χ2n) is 5.68. The Kier molecular flexibility index (Phi) is 5.86. The Bertz CT molecular complexity index is 288. The van der Waals surface area contributed by atoms with Crippen LogP contribution in [0, 0.1) is 11.8 Å². The summed E-state index contributed by atoms with van der Waals surface area (Å²) in [7, 11) is 1.48. The molecule has 1 aliphatic carbocycles. The molecule has 104 valence electrons. The summed E-state index contributed by atoms with van der Waals surface area (Å²) in [5, 5.41) is 3.34. The maximum Gasteiger partial charge on any atom is 0.326 e. The first-order valence-electron chi connectivity index (χ1n) is 7.00. The highest BCUT2D eigenvalue weighted by molar-refractivity contribution is 5.80. The van der Waals surface area contributed by atoms with E-state index < -0.39 is 5.54 Å². The van der Waals surface area contributed by atoms with Gasteiger partial charge in [0.2, 0.25) is 0 Å². The van der Waals surface area contributed by atoms with Gasteiger partial charge in [0.05, 0.1) is 7.11 Å². The zero-order valence-corrected chi connectivity index (χ0v) is 12.0. The Morgan fingerprint density at radius 3 is 2.78 bits per heavy atom. The maximum absolute atomic E-state index is 12.1. The normalized spacial score (nSPS) is 28.8. The van der Waals surface area contributed by atoms with E-state index >= 15 is 0 Å². The third-order valence-corrected chi connectivity index (χ3v) is 4.22. The first-order chi connectivity index (χ1) is 8.55. The standard InChI is InChI=1S/C15H27NO2/c1-5-11-16-15(14(17)18-4)9-6-7-13(8-10-15)12(2)3/h5,12-13,16H,1,6-11H2,2-4H3. The molecule has 0 spiro atoms. The molecule has 2 atom stereocenters. The molecule has 0 heterocycles. The fourth-order valence-corrected chi connectivity index (χ4v) is 2.95. The number of esters is 1. The van der Waals surface area contributed by atoms with E-state index in [1.807, 2.05) is 0 Å². The molecule has 0 aliphatic heterocycles. The largest absolute Gasteiger partial charge is 0.468 e. The molecule has 0 aromatic rings. The van der Waals surface area contributed by atoms with Gasteiger partial charge in [-0.05, 0) is 31.1 Å². The van der Waals surface area contributed by atoms with E-state index in [-0.39, 0.29) is 5.97 Å². The van der Waals surface area contributed by atoms with E-state index in [2.05, 4.69) is 25.7 Å². The lowest BCUT2D eigenvalue weighted by Gasteiger charge is -2.31. The van der Waals surface area contributed by atoms with Gasteiger partial charge in [-0.25, -0.2) is 0 Å². The molecule has 0 aromatic heterocycles.